The van der Waals surface area contributed by atoms with Gasteiger partial charge in [-0.2, -0.15) is 0 Å². The van der Waals surface area contributed by atoms with Crippen LogP contribution in [-0.4, -0.2) is 38.1 Å². The lowest BCUT2D eigenvalue weighted by atomic mass is 10.2. The summed E-state index contributed by atoms with van der Waals surface area (Å²) in [5.41, 5.74) is 1.59. The van der Waals surface area contributed by atoms with Gasteiger partial charge in [0.1, 0.15) is 12.4 Å². The molecule has 7 nitrogen and oxygen atoms in total. The number of guanidine groups is 1. The Morgan fingerprint density at radius 3 is 2.86 bits per heavy atom. The van der Waals surface area contributed by atoms with Crippen molar-refractivity contribution in [2.75, 3.05) is 31.6 Å². The van der Waals surface area contributed by atoms with Gasteiger partial charge in [-0.15, -0.1) is 0 Å². The number of benzene rings is 1. The number of carbonyl (C=O) groups excluding carboxylic acids is 1. The third-order valence-electron chi connectivity index (χ3n) is 4.07. The topological polar surface area (TPSA) is 87.9 Å². The molecule has 1 aromatic carbocycles. The van der Waals surface area contributed by atoms with Crippen LogP contribution in [0.25, 0.3) is 0 Å². The number of aliphatic imine (C=N–C) groups is 1. The van der Waals surface area contributed by atoms with Crippen LogP contribution in [0.5, 0.6) is 0 Å². The molecule has 0 aliphatic carbocycles. The summed E-state index contributed by atoms with van der Waals surface area (Å²) in [5.74, 6) is 1.42. The molecule has 1 aromatic heterocycles. The van der Waals surface area contributed by atoms with Gasteiger partial charge in [0.05, 0.1) is 6.26 Å². The molecular weight excluding hydrogens is 392 g/mol. The largest absolute Gasteiger partial charge is 0.467 e. The first-order valence-corrected chi connectivity index (χ1v) is 10.1. The van der Waals surface area contributed by atoms with Crippen molar-refractivity contribution in [2.45, 2.75) is 33.3 Å². The molecule has 0 bridgehead atoms. The molecule has 0 unspecified atom stereocenters. The van der Waals surface area contributed by atoms with E-state index in [0.29, 0.717) is 43.7 Å². The molecule has 8 heteroatoms. The smallest absolute Gasteiger partial charge is 0.226 e. The van der Waals surface area contributed by atoms with E-state index in [1.807, 2.05) is 38.1 Å². The van der Waals surface area contributed by atoms with Gasteiger partial charge < -0.3 is 25.1 Å². The zero-order valence-electron chi connectivity index (χ0n) is 17.0. The summed E-state index contributed by atoms with van der Waals surface area (Å²) in [7, 11) is 0. The number of halogens is 1. The molecule has 1 amide bonds. The summed E-state index contributed by atoms with van der Waals surface area (Å²) in [6.07, 6.45) is 2.75. The molecule has 29 heavy (non-hydrogen) atoms. The SMILES string of the molecule is CCNC(=NCCCOCc1ccco1)NCCC(=O)Nc1cccc(Cl)c1C. The molecule has 0 fully saturated rings. The predicted molar refractivity (Wildman–Crippen MR) is 116 cm³/mol. The molecule has 0 saturated carbocycles. The minimum Gasteiger partial charge on any atom is -0.467 e. The van der Waals surface area contributed by atoms with Crippen molar-refractivity contribution in [1.82, 2.24) is 10.6 Å². The standard InChI is InChI=1S/C21H29ClN4O3/c1-3-23-21(24-11-6-13-28-15-17-7-5-14-29-17)25-12-10-20(27)26-19-9-4-8-18(22)16(19)2/h4-5,7-9,14H,3,6,10-13,15H2,1-2H3,(H,26,27)(H2,23,24,25). The van der Waals surface area contributed by atoms with E-state index in [1.165, 1.54) is 0 Å². The molecule has 2 aromatic rings. The molecule has 3 N–H and O–H groups in total. The number of hydrogen-bond acceptors (Lipinski definition) is 4. The van der Waals surface area contributed by atoms with Crippen LogP contribution in [0, 0.1) is 6.92 Å². The van der Waals surface area contributed by atoms with E-state index in [0.717, 1.165) is 30.0 Å². The van der Waals surface area contributed by atoms with Gasteiger partial charge in [-0.05, 0) is 50.1 Å². The highest BCUT2D eigenvalue weighted by Crippen LogP contribution is 2.22. The van der Waals surface area contributed by atoms with E-state index in [2.05, 4.69) is 20.9 Å². The lowest BCUT2D eigenvalue weighted by Crippen LogP contribution is -2.38. The van der Waals surface area contributed by atoms with Gasteiger partial charge >= 0.3 is 0 Å². The molecule has 0 saturated heterocycles. The minimum atomic E-state index is -0.0787. The van der Waals surface area contributed by atoms with Gasteiger partial charge in [-0.1, -0.05) is 17.7 Å². The number of amides is 1. The maximum Gasteiger partial charge on any atom is 0.226 e. The molecular formula is C21H29ClN4O3. The number of rotatable bonds is 11. The molecule has 0 aliphatic heterocycles. The van der Waals surface area contributed by atoms with E-state index in [1.54, 1.807) is 12.3 Å². The minimum absolute atomic E-state index is 0.0787. The Kier molecular flexibility index (Phi) is 10.1. The molecule has 158 valence electrons. The molecule has 0 aliphatic rings. The van der Waals surface area contributed by atoms with E-state index in [-0.39, 0.29) is 5.91 Å². The highest BCUT2D eigenvalue weighted by molar-refractivity contribution is 6.31. The lowest BCUT2D eigenvalue weighted by molar-refractivity contribution is -0.116. The molecule has 0 spiro atoms. The van der Waals surface area contributed by atoms with Gasteiger partial charge in [0.25, 0.3) is 0 Å². The Hall–Kier alpha value is -2.51. The zero-order chi connectivity index (χ0) is 20.9. The average molecular weight is 421 g/mol. The Balaban J connectivity index is 1.66. The summed E-state index contributed by atoms with van der Waals surface area (Å²) in [4.78, 5) is 16.7. The van der Waals surface area contributed by atoms with E-state index in [9.17, 15) is 4.79 Å². The van der Waals surface area contributed by atoms with Crippen molar-refractivity contribution >= 4 is 29.2 Å². The lowest BCUT2D eigenvalue weighted by Gasteiger charge is -2.12. The van der Waals surface area contributed by atoms with Crippen molar-refractivity contribution in [3.63, 3.8) is 0 Å². The maximum atomic E-state index is 12.2. The highest BCUT2D eigenvalue weighted by atomic mass is 35.5. The summed E-state index contributed by atoms with van der Waals surface area (Å²) in [5, 5.41) is 9.86. The van der Waals surface area contributed by atoms with Crippen LogP contribution in [-0.2, 0) is 16.1 Å². The molecule has 0 atom stereocenters. The quantitative estimate of drug-likeness (QED) is 0.293. The fraction of sp³-hybridized carbons (Fsp3) is 0.429. The van der Waals surface area contributed by atoms with E-state index in [4.69, 9.17) is 20.8 Å². The number of ether oxygens (including phenoxy) is 1. The second-order valence-corrected chi connectivity index (χ2v) is 6.79. The summed E-state index contributed by atoms with van der Waals surface area (Å²) < 4.78 is 10.8. The second-order valence-electron chi connectivity index (χ2n) is 6.38. The summed E-state index contributed by atoms with van der Waals surface area (Å²) in [6.45, 7) is 6.80. The van der Waals surface area contributed by atoms with E-state index >= 15 is 0 Å². The van der Waals surface area contributed by atoms with Gasteiger partial charge in [0.15, 0.2) is 5.96 Å². The van der Waals surface area contributed by atoms with Crippen LogP contribution in [0.15, 0.2) is 46.0 Å². The van der Waals surface area contributed by atoms with Crippen LogP contribution < -0.4 is 16.0 Å². The number of nitrogens with one attached hydrogen (secondary N) is 3. The van der Waals surface area contributed by atoms with Crippen molar-refractivity contribution < 1.29 is 13.9 Å². The van der Waals surface area contributed by atoms with Crippen LogP contribution in [0.3, 0.4) is 0 Å². The third-order valence-corrected chi connectivity index (χ3v) is 4.48. The van der Waals surface area contributed by atoms with Crippen LogP contribution >= 0.6 is 11.6 Å². The highest BCUT2D eigenvalue weighted by Gasteiger charge is 2.07. The van der Waals surface area contributed by atoms with Gasteiger partial charge in [0, 0.05) is 43.4 Å². The van der Waals surface area contributed by atoms with Crippen LogP contribution in [0.1, 0.15) is 31.1 Å². The maximum absolute atomic E-state index is 12.2. The van der Waals surface area contributed by atoms with E-state index < -0.39 is 0 Å². The molecule has 2 rings (SSSR count). The summed E-state index contributed by atoms with van der Waals surface area (Å²) in [6, 6.07) is 9.18. The van der Waals surface area contributed by atoms with Crippen LogP contribution in [0.4, 0.5) is 5.69 Å². The number of furan rings is 1. The third kappa shape index (κ3) is 8.58. The van der Waals surface area contributed by atoms with Gasteiger partial charge in [0.2, 0.25) is 5.91 Å². The predicted octanol–water partition coefficient (Wildman–Crippen LogP) is 3.73. The fourth-order valence-corrected chi connectivity index (χ4v) is 2.69. The van der Waals surface area contributed by atoms with Crippen molar-refractivity contribution in [2.24, 2.45) is 4.99 Å². The average Bonchev–Trinajstić information content (AvgIpc) is 3.21. The monoisotopic (exact) mass is 420 g/mol. The molecule has 0 radical (unpaired) electrons. The first kappa shape index (κ1) is 22.8. The Bertz CT molecular complexity index is 778. The zero-order valence-corrected chi connectivity index (χ0v) is 17.7. The molecule has 1 heterocycles. The number of nitrogens with zero attached hydrogens (tertiary/aromatic N) is 1. The summed E-state index contributed by atoms with van der Waals surface area (Å²) >= 11 is 6.08. The Morgan fingerprint density at radius 2 is 2.10 bits per heavy atom. The Morgan fingerprint density at radius 1 is 1.24 bits per heavy atom. The van der Waals surface area contributed by atoms with Crippen LogP contribution in [0.2, 0.25) is 5.02 Å². The van der Waals surface area contributed by atoms with Gasteiger partial charge in [-0.3, -0.25) is 9.79 Å². The first-order valence-electron chi connectivity index (χ1n) is 9.77. The van der Waals surface area contributed by atoms with Gasteiger partial charge in [-0.25, -0.2) is 0 Å². The second kappa shape index (κ2) is 12.9. The normalized spacial score (nSPS) is 11.3. The van der Waals surface area contributed by atoms with Crippen molar-refractivity contribution in [3.05, 3.63) is 52.9 Å². The van der Waals surface area contributed by atoms with Crippen molar-refractivity contribution in [1.29, 1.82) is 0 Å². The first-order chi connectivity index (χ1) is 14.1. The number of carbonyl (C=O) groups is 1. The Labute approximate surface area is 176 Å². The fourth-order valence-electron chi connectivity index (χ4n) is 2.52. The number of hydrogen-bond donors (Lipinski definition) is 3. The van der Waals surface area contributed by atoms with Crippen molar-refractivity contribution in [3.8, 4) is 0 Å². The number of anilines is 1.